The monoisotopic (exact) mass is 525 g/mol. The summed E-state index contributed by atoms with van der Waals surface area (Å²) in [5, 5.41) is 0. The molecule has 1 fully saturated rings. The molecule has 0 radical (unpaired) electrons. The summed E-state index contributed by atoms with van der Waals surface area (Å²) in [6.07, 6.45) is 6.60. The minimum atomic E-state index is -3.63. The van der Waals surface area contributed by atoms with E-state index in [0.717, 1.165) is 16.6 Å². The third kappa shape index (κ3) is 4.66. The Kier molecular flexibility index (Phi) is 6.64. The van der Waals surface area contributed by atoms with Crippen molar-refractivity contribution in [3.8, 4) is 23.8 Å². The van der Waals surface area contributed by atoms with Gasteiger partial charge in [0.05, 0.1) is 21.7 Å². The predicted molar refractivity (Wildman–Crippen MR) is 138 cm³/mol. The minimum Gasteiger partial charge on any atom is -0.486 e. The Balaban J connectivity index is 1.45. The Morgan fingerprint density at radius 3 is 2.39 bits per heavy atom. The molecule has 0 spiro atoms. The molecule has 3 aromatic rings. The van der Waals surface area contributed by atoms with E-state index in [0.29, 0.717) is 60.0 Å². The van der Waals surface area contributed by atoms with Crippen LogP contribution in [0.5, 0.6) is 11.5 Å². The minimum absolute atomic E-state index is 0.176. The topological polar surface area (TPSA) is 90.2 Å². The number of hydrogen-bond donors (Lipinski definition) is 0. The molecule has 1 aromatic heterocycles. The van der Waals surface area contributed by atoms with Gasteiger partial charge >= 0.3 is 0 Å². The second kappa shape index (κ2) is 9.73. The van der Waals surface area contributed by atoms with Crippen LogP contribution < -0.4 is 14.3 Å². The summed E-state index contributed by atoms with van der Waals surface area (Å²) >= 11 is 1.33. The fourth-order valence-corrected chi connectivity index (χ4v) is 7.53. The summed E-state index contributed by atoms with van der Waals surface area (Å²) in [6.45, 7) is 6.32. The van der Waals surface area contributed by atoms with E-state index < -0.39 is 15.9 Å². The van der Waals surface area contributed by atoms with Crippen molar-refractivity contribution < 1.29 is 22.7 Å². The first-order valence-electron chi connectivity index (χ1n) is 11.8. The largest absolute Gasteiger partial charge is 0.486 e. The Hall–Kier alpha value is -3.13. The van der Waals surface area contributed by atoms with E-state index in [1.165, 1.54) is 35.6 Å². The normalized spacial score (nSPS) is 20.9. The van der Waals surface area contributed by atoms with Crippen LogP contribution in [0.3, 0.4) is 0 Å². The van der Waals surface area contributed by atoms with Crippen LogP contribution in [-0.2, 0) is 16.6 Å². The summed E-state index contributed by atoms with van der Waals surface area (Å²) in [7, 11) is -3.63. The maximum absolute atomic E-state index is 13.2. The molecule has 2 atom stereocenters. The van der Waals surface area contributed by atoms with E-state index in [2.05, 4.69) is 24.8 Å². The number of rotatable bonds is 4. The van der Waals surface area contributed by atoms with Gasteiger partial charge in [0.2, 0.25) is 10.0 Å². The number of sulfonamides is 1. The highest BCUT2D eigenvalue weighted by Gasteiger charge is 2.31. The maximum atomic E-state index is 13.2. The fraction of sp³-hybridized carbons (Fsp3) is 0.385. The molecule has 0 aliphatic carbocycles. The molecule has 1 saturated heterocycles. The number of piperidine rings is 1. The first-order chi connectivity index (χ1) is 17.3. The number of amides is 1. The zero-order valence-electron chi connectivity index (χ0n) is 20.1. The van der Waals surface area contributed by atoms with Crippen molar-refractivity contribution in [3.05, 3.63) is 46.8 Å². The van der Waals surface area contributed by atoms with Gasteiger partial charge in [0.15, 0.2) is 16.3 Å². The summed E-state index contributed by atoms with van der Waals surface area (Å²) in [5.41, 5.74) is 1.10. The van der Waals surface area contributed by atoms with Gasteiger partial charge in [-0.05, 0) is 42.5 Å². The zero-order valence-corrected chi connectivity index (χ0v) is 21.8. The highest BCUT2D eigenvalue weighted by atomic mass is 32.2. The van der Waals surface area contributed by atoms with Crippen molar-refractivity contribution in [1.29, 1.82) is 0 Å². The van der Waals surface area contributed by atoms with Gasteiger partial charge in [-0.2, -0.15) is 9.30 Å². The van der Waals surface area contributed by atoms with Gasteiger partial charge in [0, 0.05) is 30.8 Å². The highest BCUT2D eigenvalue weighted by Crippen LogP contribution is 2.35. The molecule has 2 aliphatic heterocycles. The fourth-order valence-electron chi connectivity index (χ4n) is 4.81. The molecule has 188 valence electrons. The van der Waals surface area contributed by atoms with Crippen molar-refractivity contribution in [1.82, 2.24) is 8.87 Å². The number of nitrogens with zero attached hydrogens (tertiary/aromatic N) is 3. The number of thiazole rings is 1. The number of benzene rings is 2. The van der Waals surface area contributed by atoms with Crippen molar-refractivity contribution in [2.75, 3.05) is 26.3 Å². The molecule has 2 aromatic carbocycles. The van der Waals surface area contributed by atoms with Crippen molar-refractivity contribution in [2.24, 2.45) is 16.8 Å². The van der Waals surface area contributed by atoms with Crippen LogP contribution in [0.1, 0.15) is 30.6 Å². The number of ether oxygens (including phenoxy) is 2. The number of carbonyl (C=O) groups excluding carboxylic acids is 1. The SMILES string of the molecule is C#CCn1c(=NC(=O)c2ccc(S(=O)(=O)N3CC(C)CC(C)C3)cc2)sc2cc3c(cc21)OCCO3. The van der Waals surface area contributed by atoms with E-state index in [9.17, 15) is 13.2 Å². The highest BCUT2D eigenvalue weighted by molar-refractivity contribution is 7.89. The van der Waals surface area contributed by atoms with Gasteiger partial charge in [0.25, 0.3) is 5.91 Å². The molecule has 10 heteroatoms. The lowest BCUT2D eigenvalue weighted by Gasteiger charge is -2.34. The third-order valence-corrected chi connectivity index (χ3v) is 9.25. The Labute approximate surface area is 214 Å². The van der Waals surface area contributed by atoms with Crippen LogP contribution in [0.15, 0.2) is 46.3 Å². The number of terminal acetylenes is 1. The van der Waals surface area contributed by atoms with E-state index >= 15 is 0 Å². The van der Waals surface area contributed by atoms with Gasteiger partial charge in [-0.3, -0.25) is 4.79 Å². The average Bonchev–Trinajstić information content (AvgIpc) is 3.18. The molecule has 2 unspecified atom stereocenters. The quantitative estimate of drug-likeness (QED) is 0.487. The first kappa shape index (κ1) is 24.6. The maximum Gasteiger partial charge on any atom is 0.279 e. The van der Waals surface area contributed by atoms with Crippen LogP contribution in [0.25, 0.3) is 10.2 Å². The Morgan fingerprint density at radius 2 is 1.75 bits per heavy atom. The molecule has 3 heterocycles. The van der Waals surface area contributed by atoms with E-state index in [-0.39, 0.29) is 11.4 Å². The summed E-state index contributed by atoms with van der Waals surface area (Å²) < 4.78 is 41.8. The van der Waals surface area contributed by atoms with Crippen molar-refractivity contribution in [2.45, 2.75) is 31.7 Å². The number of aromatic nitrogens is 1. The lowest BCUT2D eigenvalue weighted by atomic mass is 9.94. The predicted octanol–water partition coefficient (Wildman–Crippen LogP) is 3.51. The Morgan fingerprint density at radius 1 is 1.11 bits per heavy atom. The average molecular weight is 526 g/mol. The summed E-state index contributed by atoms with van der Waals surface area (Å²) in [4.78, 5) is 18.0. The lowest BCUT2D eigenvalue weighted by Crippen LogP contribution is -2.42. The van der Waals surface area contributed by atoms with Crippen LogP contribution >= 0.6 is 11.3 Å². The van der Waals surface area contributed by atoms with Crippen molar-refractivity contribution in [3.63, 3.8) is 0 Å². The molecule has 36 heavy (non-hydrogen) atoms. The lowest BCUT2D eigenvalue weighted by molar-refractivity contribution is 0.0998. The smallest absolute Gasteiger partial charge is 0.279 e. The van der Waals surface area contributed by atoms with E-state index in [1.54, 1.807) is 8.87 Å². The molecule has 1 amide bonds. The molecule has 0 bridgehead atoms. The third-order valence-electron chi connectivity index (χ3n) is 6.37. The second-order valence-corrected chi connectivity index (χ2v) is 12.3. The van der Waals surface area contributed by atoms with Crippen LogP contribution in [0.4, 0.5) is 0 Å². The molecular weight excluding hydrogens is 498 g/mol. The molecular formula is C26H27N3O5S2. The first-order valence-corrected chi connectivity index (χ1v) is 14.1. The van der Waals surface area contributed by atoms with E-state index in [4.69, 9.17) is 15.9 Å². The van der Waals surface area contributed by atoms with Gasteiger partial charge < -0.3 is 14.0 Å². The molecule has 0 saturated carbocycles. The standard InChI is InChI=1S/C26H27N3O5S2/c1-4-9-29-21-13-22-23(34-11-10-33-22)14-24(21)35-26(29)27-25(30)19-5-7-20(8-6-19)36(31,32)28-15-17(2)12-18(3)16-28/h1,5-8,13-14,17-18H,9-12,15-16H2,2-3H3. The van der Waals surface area contributed by atoms with Crippen LogP contribution in [0.2, 0.25) is 0 Å². The van der Waals surface area contributed by atoms with Crippen LogP contribution in [0, 0.1) is 24.2 Å². The molecule has 5 rings (SSSR count). The summed E-state index contributed by atoms with van der Waals surface area (Å²) in [6, 6.07) is 9.69. The van der Waals surface area contributed by atoms with Crippen molar-refractivity contribution >= 4 is 37.5 Å². The van der Waals surface area contributed by atoms with Gasteiger partial charge in [-0.1, -0.05) is 31.1 Å². The zero-order chi connectivity index (χ0) is 25.4. The second-order valence-electron chi connectivity index (χ2n) is 9.35. The number of fused-ring (bicyclic) bond motifs is 2. The van der Waals surface area contributed by atoms with Crippen LogP contribution in [-0.4, -0.2) is 49.5 Å². The van der Waals surface area contributed by atoms with Gasteiger partial charge in [-0.15, -0.1) is 6.42 Å². The van der Waals surface area contributed by atoms with Gasteiger partial charge in [0.1, 0.15) is 13.2 Å². The van der Waals surface area contributed by atoms with E-state index in [1.807, 2.05) is 12.1 Å². The number of hydrogen-bond acceptors (Lipinski definition) is 6. The Bertz CT molecular complexity index is 1520. The molecule has 2 aliphatic rings. The summed E-state index contributed by atoms with van der Waals surface area (Å²) in [5.74, 6) is 4.03. The number of carbonyl (C=O) groups is 1. The molecule has 0 N–H and O–H groups in total. The molecule has 8 nitrogen and oxygen atoms in total. The van der Waals surface area contributed by atoms with Gasteiger partial charge in [-0.25, -0.2) is 8.42 Å².